The van der Waals surface area contributed by atoms with Crippen LogP contribution in [-0.4, -0.2) is 29.6 Å². The molecule has 1 heterocycles. The van der Waals surface area contributed by atoms with Gasteiger partial charge in [0.05, 0.1) is 6.10 Å². The Bertz CT molecular complexity index is 495. The van der Waals surface area contributed by atoms with Crippen molar-refractivity contribution in [2.24, 2.45) is 4.99 Å². The van der Waals surface area contributed by atoms with Gasteiger partial charge in [0.15, 0.2) is 5.54 Å². The summed E-state index contributed by atoms with van der Waals surface area (Å²) in [4.78, 5) is 16.6. The fraction of sp³-hybridized carbons (Fsp3) is 0.467. The number of ether oxygens (including phenoxy) is 2. The van der Waals surface area contributed by atoms with E-state index in [1.54, 1.807) is 6.92 Å². The second-order valence-corrected chi connectivity index (χ2v) is 5.14. The number of aliphatic imine (C=N–C) groups is 1. The van der Waals surface area contributed by atoms with Crippen molar-refractivity contribution in [3.8, 4) is 0 Å². The van der Waals surface area contributed by atoms with Crippen LogP contribution in [0.25, 0.3) is 0 Å². The molecule has 0 N–H and O–H groups in total. The fourth-order valence-corrected chi connectivity index (χ4v) is 1.87. The molecule has 1 aliphatic heterocycles. The van der Waals surface area contributed by atoms with Crippen LogP contribution in [0.5, 0.6) is 0 Å². The second kappa shape index (κ2) is 5.03. The van der Waals surface area contributed by atoms with Crippen molar-refractivity contribution in [1.29, 1.82) is 0 Å². The highest BCUT2D eigenvalue weighted by Crippen LogP contribution is 2.29. The third-order valence-corrected chi connectivity index (χ3v) is 3.19. The Labute approximate surface area is 113 Å². The van der Waals surface area contributed by atoms with Crippen molar-refractivity contribution in [3.05, 3.63) is 35.9 Å². The number of hydrogen-bond acceptors (Lipinski definition) is 4. The summed E-state index contributed by atoms with van der Waals surface area (Å²) in [5, 5.41) is 0. The van der Waals surface area contributed by atoms with Crippen LogP contribution in [0.3, 0.4) is 0 Å². The average Bonchev–Trinajstić information content (AvgIpc) is 2.67. The van der Waals surface area contributed by atoms with Crippen LogP contribution < -0.4 is 0 Å². The highest BCUT2D eigenvalue weighted by molar-refractivity contribution is 5.99. The molecule has 1 aliphatic rings. The largest absolute Gasteiger partial charge is 0.471 e. The van der Waals surface area contributed by atoms with Gasteiger partial charge in [0, 0.05) is 5.56 Å². The lowest BCUT2D eigenvalue weighted by Gasteiger charge is -2.23. The van der Waals surface area contributed by atoms with E-state index in [1.807, 2.05) is 51.1 Å². The molecule has 19 heavy (non-hydrogen) atoms. The molecule has 4 heteroatoms. The minimum atomic E-state index is -0.977. The summed E-state index contributed by atoms with van der Waals surface area (Å²) in [5.41, 5.74) is -0.106. The summed E-state index contributed by atoms with van der Waals surface area (Å²) in [6.45, 7) is 7.23. The molecule has 1 aromatic rings. The van der Waals surface area contributed by atoms with Gasteiger partial charge in [-0.3, -0.25) is 0 Å². The summed E-state index contributed by atoms with van der Waals surface area (Å²) >= 11 is 0. The van der Waals surface area contributed by atoms with Gasteiger partial charge in [-0.05, 0) is 39.8 Å². The van der Waals surface area contributed by atoms with Gasteiger partial charge in [0.25, 0.3) is 0 Å². The van der Waals surface area contributed by atoms with E-state index in [-0.39, 0.29) is 18.2 Å². The third-order valence-electron chi connectivity index (χ3n) is 3.19. The van der Waals surface area contributed by atoms with Crippen molar-refractivity contribution in [3.63, 3.8) is 0 Å². The van der Waals surface area contributed by atoms with E-state index >= 15 is 0 Å². The Balaban J connectivity index is 2.27. The lowest BCUT2D eigenvalue weighted by molar-refractivity contribution is -0.155. The molecule has 0 saturated heterocycles. The summed E-state index contributed by atoms with van der Waals surface area (Å²) < 4.78 is 11.0. The predicted molar refractivity (Wildman–Crippen MR) is 73.2 cm³/mol. The van der Waals surface area contributed by atoms with Gasteiger partial charge in [0.1, 0.15) is 6.10 Å². The first-order chi connectivity index (χ1) is 8.93. The molecule has 0 unspecified atom stereocenters. The molecule has 0 spiro atoms. The highest BCUT2D eigenvalue weighted by atomic mass is 16.6. The number of carbonyl (C=O) groups excluding carboxylic acids is 1. The number of benzene rings is 1. The maximum atomic E-state index is 12.2. The standard InChI is InChI=1S/C15H19NO3/c1-10(2)18-14(17)15(4)11(3)19-13(16-15)12-8-6-5-7-9-12/h5-11H,1-4H3/t11-,15+/m1/s1. The number of esters is 1. The molecule has 0 aliphatic carbocycles. The Hall–Kier alpha value is -1.84. The van der Waals surface area contributed by atoms with Crippen LogP contribution in [0.15, 0.2) is 35.3 Å². The van der Waals surface area contributed by atoms with Gasteiger partial charge in [-0.25, -0.2) is 9.79 Å². The van der Waals surface area contributed by atoms with Crippen LogP contribution in [0, 0.1) is 0 Å². The van der Waals surface area contributed by atoms with E-state index in [4.69, 9.17) is 9.47 Å². The third kappa shape index (κ3) is 2.62. The zero-order valence-corrected chi connectivity index (χ0v) is 11.7. The van der Waals surface area contributed by atoms with Crippen LogP contribution in [0.4, 0.5) is 0 Å². The van der Waals surface area contributed by atoms with Gasteiger partial charge in [-0.2, -0.15) is 0 Å². The van der Waals surface area contributed by atoms with Crippen molar-refractivity contribution < 1.29 is 14.3 Å². The topological polar surface area (TPSA) is 47.9 Å². The first kappa shape index (κ1) is 13.6. The van der Waals surface area contributed by atoms with Crippen molar-refractivity contribution in [2.45, 2.75) is 45.4 Å². The van der Waals surface area contributed by atoms with Crippen molar-refractivity contribution in [1.82, 2.24) is 0 Å². The first-order valence-corrected chi connectivity index (χ1v) is 6.46. The van der Waals surface area contributed by atoms with Gasteiger partial charge >= 0.3 is 5.97 Å². The van der Waals surface area contributed by atoms with Crippen LogP contribution in [0.1, 0.15) is 33.3 Å². The van der Waals surface area contributed by atoms with Gasteiger partial charge in [0.2, 0.25) is 5.90 Å². The van der Waals surface area contributed by atoms with Gasteiger partial charge < -0.3 is 9.47 Å². The molecule has 0 aromatic heterocycles. The molecule has 4 nitrogen and oxygen atoms in total. The molecule has 0 saturated carbocycles. The molecule has 2 rings (SSSR count). The number of hydrogen-bond donors (Lipinski definition) is 0. The van der Waals surface area contributed by atoms with Crippen molar-refractivity contribution >= 4 is 11.9 Å². The Kier molecular flexibility index (Phi) is 3.60. The van der Waals surface area contributed by atoms with E-state index in [0.717, 1.165) is 5.56 Å². The average molecular weight is 261 g/mol. The SMILES string of the molecule is CC(C)OC(=O)[C@@]1(C)N=C(c2ccccc2)O[C@@H]1C. The molecule has 0 bridgehead atoms. The monoisotopic (exact) mass is 261 g/mol. The van der Waals surface area contributed by atoms with Gasteiger partial charge in [-0.15, -0.1) is 0 Å². The minimum Gasteiger partial charge on any atom is -0.471 e. The zero-order valence-electron chi connectivity index (χ0n) is 11.7. The molecule has 102 valence electrons. The normalized spacial score (nSPS) is 25.9. The minimum absolute atomic E-state index is 0.160. The Morgan fingerprint density at radius 2 is 2.00 bits per heavy atom. The molecule has 1 aromatic carbocycles. The van der Waals surface area contributed by atoms with E-state index in [2.05, 4.69) is 4.99 Å². The van der Waals surface area contributed by atoms with E-state index in [9.17, 15) is 4.79 Å². The second-order valence-electron chi connectivity index (χ2n) is 5.14. The van der Waals surface area contributed by atoms with E-state index in [1.165, 1.54) is 0 Å². The van der Waals surface area contributed by atoms with E-state index in [0.29, 0.717) is 5.90 Å². The molecular weight excluding hydrogens is 242 g/mol. The summed E-state index contributed by atoms with van der Waals surface area (Å²) in [7, 11) is 0. The summed E-state index contributed by atoms with van der Waals surface area (Å²) in [6, 6.07) is 9.56. The fourth-order valence-electron chi connectivity index (χ4n) is 1.87. The van der Waals surface area contributed by atoms with Crippen LogP contribution >= 0.6 is 0 Å². The van der Waals surface area contributed by atoms with Crippen LogP contribution in [0.2, 0.25) is 0 Å². The highest BCUT2D eigenvalue weighted by Gasteiger charge is 2.47. The number of carbonyl (C=O) groups is 1. The van der Waals surface area contributed by atoms with Gasteiger partial charge in [-0.1, -0.05) is 18.2 Å². The Morgan fingerprint density at radius 1 is 1.37 bits per heavy atom. The maximum absolute atomic E-state index is 12.2. The van der Waals surface area contributed by atoms with E-state index < -0.39 is 5.54 Å². The Morgan fingerprint density at radius 3 is 2.58 bits per heavy atom. The predicted octanol–water partition coefficient (Wildman–Crippen LogP) is 2.56. The molecule has 0 amide bonds. The van der Waals surface area contributed by atoms with Crippen LogP contribution in [-0.2, 0) is 14.3 Å². The zero-order chi connectivity index (χ0) is 14.0. The quantitative estimate of drug-likeness (QED) is 0.786. The molecule has 2 atom stereocenters. The first-order valence-electron chi connectivity index (χ1n) is 6.46. The maximum Gasteiger partial charge on any atom is 0.338 e. The van der Waals surface area contributed by atoms with Crippen molar-refractivity contribution in [2.75, 3.05) is 0 Å². The smallest absolute Gasteiger partial charge is 0.338 e. The molecule has 0 fully saturated rings. The summed E-state index contributed by atoms with van der Waals surface area (Å²) in [5.74, 6) is 0.150. The summed E-state index contributed by atoms with van der Waals surface area (Å²) in [6.07, 6.45) is -0.499. The molecule has 0 radical (unpaired) electrons. The lowest BCUT2D eigenvalue weighted by atomic mass is 9.98. The lowest BCUT2D eigenvalue weighted by Crippen LogP contribution is -2.43. The number of nitrogens with zero attached hydrogens (tertiary/aromatic N) is 1. The number of rotatable bonds is 3. The molecular formula is C15H19NO3.